The highest BCUT2D eigenvalue weighted by Gasteiger charge is 2.15. The summed E-state index contributed by atoms with van der Waals surface area (Å²) in [5, 5.41) is 0.431. The summed E-state index contributed by atoms with van der Waals surface area (Å²) < 4.78 is 33.8. The van der Waals surface area contributed by atoms with Crippen LogP contribution in [0.25, 0.3) is 0 Å². The normalized spacial score (nSPS) is 11.5. The van der Waals surface area contributed by atoms with Crippen LogP contribution in [0.15, 0.2) is 51.8 Å². The van der Waals surface area contributed by atoms with Crippen molar-refractivity contribution in [3.8, 4) is 5.75 Å². The fourth-order valence-corrected chi connectivity index (χ4v) is 3.33. The number of anilines is 1. The molecule has 0 aromatic heterocycles. The number of rotatable bonds is 7. The van der Waals surface area contributed by atoms with Crippen molar-refractivity contribution >= 4 is 43.2 Å². The fourth-order valence-electron chi connectivity index (χ4n) is 1.84. The van der Waals surface area contributed by atoms with E-state index in [4.69, 9.17) is 16.3 Å². The first-order valence-electron chi connectivity index (χ1n) is 7.13. The second-order valence-electron chi connectivity index (χ2n) is 5.36. The highest BCUT2D eigenvalue weighted by molar-refractivity contribution is 9.10. The molecule has 0 aliphatic heterocycles. The van der Waals surface area contributed by atoms with Gasteiger partial charge in [-0.1, -0.05) is 27.5 Å². The molecule has 0 amide bonds. The quantitative estimate of drug-likeness (QED) is 0.721. The number of nitrogens with zero attached hydrogens (tertiary/aromatic N) is 1. The number of benzene rings is 2. The zero-order valence-electron chi connectivity index (χ0n) is 13.3. The summed E-state index contributed by atoms with van der Waals surface area (Å²) in [4.78, 5) is 2.16. The van der Waals surface area contributed by atoms with E-state index in [1.165, 1.54) is 12.1 Å². The van der Waals surface area contributed by atoms with E-state index in [0.29, 0.717) is 23.1 Å². The van der Waals surface area contributed by atoms with Crippen molar-refractivity contribution in [1.29, 1.82) is 0 Å². The molecule has 0 aliphatic carbocycles. The molecule has 0 unspecified atom stereocenters. The maximum absolute atomic E-state index is 12.4. The van der Waals surface area contributed by atoms with Crippen LogP contribution in [-0.4, -0.2) is 40.6 Å². The van der Waals surface area contributed by atoms with Gasteiger partial charge in [0.25, 0.3) is 10.0 Å². The summed E-state index contributed by atoms with van der Waals surface area (Å²) in [6.07, 6.45) is 0. The van der Waals surface area contributed by atoms with E-state index in [1.54, 1.807) is 30.3 Å². The first kappa shape index (κ1) is 19.1. The first-order chi connectivity index (χ1) is 11.3. The third-order valence-electron chi connectivity index (χ3n) is 3.10. The molecule has 0 heterocycles. The molecule has 0 saturated carbocycles. The van der Waals surface area contributed by atoms with Gasteiger partial charge >= 0.3 is 0 Å². The van der Waals surface area contributed by atoms with Crippen molar-refractivity contribution in [2.45, 2.75) is 4.90 Å². The van der Waals surface area contributed by atoms with Gasteiger partial charge in [0, 0.05) is 17.1 Å². The molecular formula is C16H18BrClN2O3S. The predicted molar refractivity (Wildman–Crippen MR) is 100 cm³/mol. The minimum atomic E-state index is -3.67. The molecule has 0 aliphatic rings. The van der Waals surface area contributed by atoms with Gasteiger partial charge in [-0.05, 0) is 50.5 Å². The predicted octanol–water partition coefficient (Wildman–Crippen LogP) is 3.84. The van der Waals surface area contributed by atoms with Gasteiger partial charge in [-0.25, -0.2) is 8.42 Å². The lowest BCUT2D eigenvalue weighted by atomic mass is 10.3. The van der Waals surface area contributed by atoms with Gasteiger partial charge in [-0.15, -0.1) is 0 Å². The number of hydrogen-bond acceptors (Lipinski definition) is 4. The highest BCUT2D eigenvalue weighted by Crippen LogP contribution is 2.29. The lowest BCUT2D eigenvalue weighted by Crippen LogP contribution is -2.19. The Morgan fingerprint density at radius 2 is 1.83 bits per heavy atom. The average molecular weight is 434 g/mol. The molecule has 0 bridgehead atoms. The van der Waals surface area contributed by atoms with Crippen LogP contribution in [0, 0.1) is 0 Å². The number of likely N-dealkylation sites (N-methyl/N-ethyl adjacent to an activating group) is 1. The molecule has 24 heavy (non-hydrogen) atoms. The summed E-state index contributed by atoms with van der Waals surface area (Å²) >= 11 is 9.38. The van der Waals surface area contributed by atoms with Crippen LogP contribution in [0.2, 0.25) is 5.02 Å². The molecule has 0 fully saturated rings. The zero-order valence-corrected chi connectivity index (χ0v) is 16.5. The van der Waals surface area contributed by atoms with Crippen LogP contribution in [-0.2, 0) is 10.0 Å². The van der Waals surface area contributed by atoms with Crippen molar-refractivity contribution in [3.63, 3.8) is 0 Å². The van der Waals surface area contributed by atoms with Gasteiger partial charge in [-0.3, -0.25) is 4.72 Å². The van der Waals surface area contributed by atoms with E-state index in [-0.39, 0.29) is 4.90 Å². The second-order valence-corrected chi connectivity index (χ2v) is 8.36. The van der Waals surface area contributed by atoms with Crippen LogP contribution >= 0.6 is 27.5 Å². The maximum Gasteiger partial charge on any atom is 0.261 e. The molecule has 130 valence electrons. The molecule has 1 N–H and O–H groups in total. The highest BCUT2D eigenvalue weighted by atomic mass is 79.9. The van der Waals surface area contributed by atoms with Crippen molar-refractivity contribution in [1.82, 2.24) is 4.90 Å². The lowest BCUT2D eigenvalue weighted by Gasteiger charge is -2.14. The fraction of sp³-hybridized carbons (Fsp3) is 0.250. The zero-order chi connectivity index (χ0) is 17.7. The summed E-state index contributed by atoms with van der Waals surface area (Å²) in [6, 6.07) is 11.2. The van der Waals surface area contributed by atoms with Gasteiger partial charge in [0.15, 0.2) is 0 Å². The summed E-state index contributed by atoms with van der Waals surface area (Å²) in [5.41, 5.74) is 0.391. The van der Waals surface area contributed by atoms with E-state index < -0.39 is 10.0 Å². The van der Waals surface area contributed by atoms with Crippen LogP contribution in [0.1, 0.15) is 0 Å². The van der Waals surface area contributed by atoms with Crippen LogP contribution in [0.3, 0.4) is 0 Å². The van der Waals surface area contributed by atoms with Crippen molar-refractivity contribution in [3.05, 3.63) is 52.0 Å². The summed E-state index contributed by atoms with van der Waals surface area (Å²) in [5.74, 6) is 0.439. The molecule has 5 nitrogen and oxygen atoms in total. The summed E-state index contributed by atoms with van der Waals surface area (Å²) in [6.45, 7) is 1.18. The molecule has 0 spiro atoms. The number of nitrogens with one attached hydrogen (secondary N) is 1. The van der Waals surface area contributed by atoms with E-state index in [2.05, 4.69) is 20.7 Å². The molecule has 2 aromatic carbocycles. The topological polar surface area (TPSA) is 58.6 Å². The Kier molecular flexibility index (Phi) is 6.51. The Bertz CT molecular complexity index is 795. The molecule has 0 saturated heterocycles. The Hall–Kier alpha value is -1.28. The standard InChI is InChI=1S/C16H18BrClN2O3S/c1-20(2)9-10-23-16-11-13(5-8-15(16)18)19-24(21,22)14-6-3-12(17)4-7-14/h3-8,11,19H,9-10H2,1-2H3. The summed E-state index contributed by atoms with van der Waals surface area (Å²) in [7, 11) is 0.205. The Morgan fingerprint density at radius 1 is 1.17 bits per heavy atom. The van der Waals surface area contributed by atoms with E-state index in [9.17, 15) is 8.42 Å². The Labute approximate surface area is 155 Å². The molecule has 8 heteroatoms. The second kappa shape index (κ2) is 8.20. The van der Waals surface area contributed by atoms with Crippen LogP contribution in [0.5, 0.6) is 5.75 Å². The van der Waals surface area contributed by atoms with Crippen LogP contribution in [0.4, 0.5) is 5.69 Å². The molecule has 2 aromatic rings. The van der Waals surface area contributed by atoms with Gasteiger partial charge in [0.05, 0.1) is 15.6 Å². The first-order valence-corrected chi connectivity index (χ1v) is 9.79. The maximum atomic E-state index is 12.4. The SMILES string of the molecule is CN(C)CCOc1cc(NS(=O)(=O)c2ccc(Br)cc2)ccc1Cl. The third-order valence-corrected chi connectivity index (χ3v) is 5.34. The van der Waals surface area contributed by atoms with Crippen molar-refractivity contribution < 1.29 is 13.2 Å². The minimum absolute atomic E-state index is 0.177. The molecule has 0 radical (unpaired) electrons. The monoisotopic (exact) mass is 432 g/mol. The van der Waals surface area contributed by atoms with Gasteiger partial charge < -0.3 is 9.64 Å². The number of halogens is 2. The number of sulfonamides is 1. The number of ether oxygens (including phenoxy) is 1. The van der Waals surface area contributed by atoms with Crippen LogP contribution < -0.4 is 9.46 Å². The molecule has 0 atom stereocenters. The average Bonchev–Trinajstić information content (AvgIpc) is 2.50. The third kappa shape index (κ3) is 5.37. The van der Waals surface area contributed by atoms with Gasteiger partial charge in [0.2, 0.25) is 0 Å². The van der Waals surface area contributed by atoms with Gasteiger partial charge in [-0.2, -0.15) is 0 Å². The van der Waals surface area contributed by atoms with Crippen molar-refractivity contribution in [2.24, 2.45) is 0 Å². The Morgan fingerprint density at radius 3 is 2.46 bits per heavy atom. The van der Waals surface area contributed by atoms with E-state index >= 15 is 0 Å². The number of hydrogen-bond donors (Lipinski definition) is 1. The Balaban J connectivity index is 2.15. The lowest BCUT2D eigenvalue weighted by molar-refractivity contribution is 0.261. The van der Waals surface area contributed by atoms with E-state index in [1.807, 2.05) is 19.0 Å². The van der Waals surface area contributed by atoms with E-state index in [0.717, 1.165) is 11.0 Å². The molecular weight excluding hydrogens is 416 g/mol. The minimum Gasteiger partial charge on any atom is -0.491 e. The smallest absolute Gasteiger partial charge is 0.261 e. The van der Waals surface area contributed by atoms with Crippen molar-refractivity contribution in [2.75, 3.05) is 32.0 Å². The largest absolute Gasteiger partial charge is 0.491 e. The van der Waals surface area contributed by atoms with Gasteiger partial charge in [0.1, 0.15) is 12.4 Å². The molecule has 2 rings (SSSR count).